The smallest absolute Gasteiger partial charge is 0.306 e. The van der Waals surface area contributed by atoms with E-state index in [9.17, 15) is 4.79 Å². The van der Waals surface area contributed by atoms with Crippen LogP contribution >= 0.6 is 0 Å². The lowest BCUT2D eigenvalue weighted by Gasteiger charge is -2.37. The molecule has 1 aliphatic rings. The zero-order chi connectivity index (χ0) is 17.0. The van der Waals surface area contributed by atoms with Crippen molar-refractivity contribution in [2.24, 2.45) is 11.8 Å². The van der Waals surface area contributed by atoms with Gasteiger partial charge in [-0.15, -0.1) is 0 Å². The summed E-state index contributed by atoms with van der Waals surface area (Å²) >= 11 is 0. The highest BCUT2D eigenvalue weighted by Gasteiger charge is 2.54. The van der Waals surface area contributed by atoms with Crippen LogP contribution in [0.2, 0.25) is 0 Å². The molecule has 5 heteroatoms. The van der Waals surface area contributed by atoms with Gasteiger partial charge in [0, 0.05) is 5.56 Å². The molecule has 0 saturated heterocycles. The molecule has 0 aliphatic carbocycles. The lowest BCUT2D eigenvalue weighted by molar-refractivity contribution is -0.392. The lowest BCUT2D eigenvalue weighted by Crippen LogP contribution is -2.49. The van der Waals surface area contributed by atoms with Crippen molar-refractivity contribution in [2.45, 2.75) is 40.5 Å². The van der Waals surface area contributed by atoms with Crippen molar-refractivity contribution in [2.75, 3.05) is 19.8 Å². The maximum absolute atomic E-state index is 12.7. The van der Waals surface area contributed by atoms with Crippen molar-refractivity contribution in [3.05, 3.63) is 35.4 Å². The van der Waals surface area contributed by atoms with Gasteiger partial charge in [-0.1, -0.05) is 45.9 Å². The van der Waals surface area contributed by atoms with Crippen molar-refractivity contribution in [1.29, 1.82) is 0 Å². The average Bonchev–Trinajstić information content (AvgIpc) is 2.75. The predicted molar refractivity (Wildman–Crippen MR) is 87.5 cm³/mol. The summed E-state index contributed by atoms with van der Waals surface area (Å²) in [7, 11) is 0. The van der Waals surface area contributed by atoms with E-state index < -0.39 is 5.91 Å². The Hall–Kier alpha value is -1.43. The molecule has 1 aromatic rings. The molecule has 0 bridgehead atoms. The Labute approximate surface area is 138 Å². The number of fused-ring (bicyclic) bond motifs is 1. The molecule has 0 unspecified atom stereocenters. The van der Waals surface area contributed by atoms with Crippen molar-refractivity contribution < 1.29 is 19.1 Å². The fourth-order valence-electron chi connectivity index (χ4n) is 2.44. The van der Waals surface area contributed by atoms with E-state index in [1.54, 1.807) is 6.07 Å². The minimum absolute atomic E-state index is 0.227. The molecule has 23 heavy (non-hydrogen) atoms. The zero-order valence-corrected chi connectivity index (χ0v) is 14.7. The van der Waals surface area contributed by atoms with Gasteiger partial charge in [-0.05, 0) is 24.8 Å². The van der Waals surface area contributed by atoms with Gasteiger partial charge in [0.2, 0.25) is 0 Å². The van der Waals surface area contributed by atoms with E-state index in [1.165, 1.54) is 5.06 Å². The van der Waals surface area contributed by atoms with Crippen LogP contribution in [0.3, 0.4) is 0 Å². The Morgan fingerprint density at radius 3 is 2.13 bits per heavy atom. The highest BCUT2D eigenvalue weighted by atomic mass is 16.8. The average molecular weight is 321 g/mol. The fourth-order valence-corrected chi connectivity index (χ4v) is 2.44. The summed E-state index contributed by atoms with van der Waals surface area (Å²) in [5.41, 5.74) is 1.27. The first-order valence-corrected chi connectivity index (χ1v) is 8.27. The van der Waals surface area contributed by atoms with Crippen LogP contribution in [0.1, 0.15) is 50.5 Å². The van der Waals surface area contributed by atoms with Gasteiger partial charge in [0.15, 0.2) is 0 Å². The maximum Gasteiger partial charge on any atom is 0.306 e. The predicted octanol–water partition coefficient (Wildman–Crippen LogP) is 3.55. The molecule has 1 heterocycles. The molecule has 2 rings (SSSR count). The molecule has 0 atom stereocenters. The van der Waals surface area contributed by atoms with Gasteiger partial charge >= 0.3 is 5.91 Å². The van der Waals surface area contributed by atoms with Gasteiger partial charge in [0.05, 0.1) is 25.4 Å². The summed E-state index contributed by atoms with van der Waals surface area (Å²) in [6.07, 6.45) is 0. The van der Waals surface area contributed by atoms with Gasteiger partial charge in [-0.3, -0.25) is 9.63 Å². The number of hydrogen-bond acceptors (Lipinski definition) is 4. The van der Waals surface area contributed by atoms with E-state index in [-0.39, 0.29) is 5.91 Å². The Morgan fingerprint density at radius 1 is 1.04 bits per heavy atom. The first kappa shape index (κ1) is 17.9. The molecule has 0 aromatic heterocycles. The lowest BCUT2D eigenvalue weighted by atomic mass is 10.1. The van der Waals surface area contributed by atoms with E-state index in [0.717, 1.165) is 0 Å². The number of ether oxygens (including phenoxy) is 2. The maximum atomic E-state index is 12.7. The summed E-state index contributed by atoms with van der Waals surface area (Å²) in [6, 6.07) is 7.37. The Bertz CT molecular complexity index is 530. The van der Waals surface area contributed by atoms with Crippen LogP contribution in [0.15, 0.2) is 24.3 Å². The van der Waals surface area contributed by atoms with Gasteiger partial charge in [0.1, 0.15) is 0 Å². The molecular formula is C18H27NO4. The standard InChI is InChI=1S/C18H27NO4/c1-6-23-19-17(20)15-9-7-8-10-16(15)18(19,21-11-13(2)3)22-12-14(4)5/h7-10,13-14H,6,11-12H2,1-5H3. The van der Waals surface area contributed by atoms with Gasteiger partial charge in [0.25, 0.3) is 5.91 Å². The zero-order valence-electron chi connectivity index (χ0n) is 14.7. The number of nitrogens with zero attached hydrogens (tertiary/aromatic N) is 1. The van der Waals surface area contributed by atoms with Gasteiger partial charge < -0.3 is 9.47 Å². The highest BCUT2D eigenvalue weighted by Crippen LogP contribution is 2.42. The number of carbonyl (C=O) groups is 1. The Kier molecular flexibility index (Phi) is 5.79. The Balaban J connectivity index is 2.46. The molecule has 0 spiro atoms. The second-order valence-corrected chi connectivity index (χ2v) is 6.55. The minimum atomic E-state index is -1.31. The van der Waals surface area contributed by atoms with E-state index in [1.807, 2.05) is 25.1 Å². The number of benzene rings is 1. The van der Waals surface area contributed by atoms with E-state index in [4.69, 9.17) is 14.3 Å². The van der Waals surface area contributed by atoms with Crippen LogP contribution in [-0.2, 0) is 20.2 Å². The van der Waals surface area contributed by atoms with Crippen molar-refractivity contribution in [3.8, 4) is 0 Å². The van der Waals surface area contributed by atoms with Crippen LogP contribution in [0.5, 0.6) is 0 Å². The number of hydrogen-bond donors (Lipinski definition) is 0. The van der Waals surface area contributed by atoms with Crippen molar-refractivity contribution >= 4 is 5.91 Å². The summed E-state index contributed by atoms with van der Waals surface area (Å²) < 4.78 is 12.2. The van der Waals surface area contributed by atoms with Gasteiger partial charge in [-0.2, -0.15) is 5.06 Å². The molecule has 0 radical (unpaired) electrons. The van der Waals surface area contributed by atoms with Crippen molar-refractivity contribution in [3.63, 3.8) is 0 Å². The normalized spacial score (nSPS) is 16.5. The summed E-state index contributed by atoms with van der Waals surface area (Å²) in [6.45, 7) is 11.4. The SMILES string of the molecule is CCON1C(=O)c2ccccc2C1(OCC(C)C)OCC(C)C. The molecule has 1 aromatic carbocycles. The van der Waals surface area contributed by atoms with E-state index in [2.05, 4.69) is 27.7 Å². The second kappa shape index (κ2) is 7.43. The van der Waals surface area contributed by atoms with Crippen LogP contribution < -0.4 is 0 Å². The monoisotopic (exact) mass is 321 g/mol. The molecular weight excluding hydrogens is 294 g/mol. The third-order valence-corrected chi connectivity index (χ3v) is 3.43. The molecule has 128 valence electrons. The second-order valence-electron chi connectivity index (χ2n) is 6.55. The number of amides is 1. The number of carbonyl (C=O) groups excluding carboxylic acids is 1. The number of hydroxylamine groups is 2. The number of rotatable bonds is 8. The summed E-state index contributed by atoms with van der Waals surface area (Å²) in [4.78, 5) is 18.3. The summed E-state index contributed by atoms with van der Waals surface area (Å²) in [5.74, 6) is -0.921. The molecule has 1 amide bonds. The van der Waals surface area contributed by atoms with Crippen molar-refractivity contribution in [1.82, 2.24) is 5.06 Å². The molecule has 5 nitrogen and oxygen atoms in total. The van der Waals surface area contributed by atoms with Crippen LogP contribution in [0.25, 0.3) is 0 Å². The van der Waals surface area contributed by atoms with Gasteiger partial charge in [-0.25, -0.2) is 0 Å². The molecule has 1 aliphatic heterocycles. The van der Waals surface area contributed by atoms with Crippen LogP contribution in [0.4, 0.5) is 0 Å². The molecule has 0 fully saturated rings. The first-order valence-electron chi connectivity index (χ1n) is 8.27. The third kappa shape index (κ3) is 3.57. The van der Waals surface area contributed by atoms with E-state index >= 15 is 0 Å². The third-order valence-electron chi connectivity index (χ3n) is 3.43. The minimum Gasteiger partial charge on any atom is -0.327 e. The summed E-state index contributed by atoms with van der Waals surface area (Å²) in [5, 5.41) is 1.25. The van der Waals surface area contributed by atoms with Crippen LogP contribution in [-0.4, -0.2) is 30.8 Å². The molecule has 0 N–H and O–H groups in total. The Morgan fingerprint density at radius 2 is 1.61 bits per heavy atom. The quantitative estimate of drug-likeness (QED) is 0.687. The van der Waals surface area contributed by atoms with Crippen LogP contribution in [0, 0.1) is 11.8 Å². The largest absolute Gasteiger partial charge is 0.327 e. The highest BCUT2D eigenvalue weighted by molar-refractivity contribution is 5.98. The fraction of sp³-hybridized carbons (Fsp3) is 0.611. The topological polar surface area (TPSA) is 48.0 Å². The molecule has 0 saturated carbocycles. The van der Waals surface area contributed by atoms with E-state index in [0.29, 0.717) is 42.8 Å². The first-order chi connectivity index (χ1) is 10.9.